The van der Waals surface area contributed by atoms with E-state index in [1.165, 1.54) is 11.1 Å². The number of ether oxygens (including phenoxy) is 1. The minimum atomic E-state index is 0. The van der Waals surface area contributed by atoms with Crippen LogP contribution in [0.3, 0.4) is 0 Å². The highest BCUT2D eigenvalue weighted by Gasteiger charge is 2.27. The van der Waals surface area contributed by atoms with Crippen molar-refractivity contribution < 1.29 is 9.15 Å². The number of benzene rings is 2. The first-order chi connectivity index (χ1) is 15.2. The molecule has 0 spiro atoms. The van der Waals surface area contributed by atoms with Gasteiger partial charge in [-0.25, -0.2) is 4.98 Å². The Balaban J connectivity index is 0.00000289. The highest BCUT2D eigenvalue weighted by Crippen LogP contribution is 2.33. The molecular weight excluding hydrogens is 515 g/mol. The normalized spacial score (nSPS) is 18.6. The summed E-state index contributed by atoms with van der Waals surface area (Å²) in [6.45, 7) is 4.22. The van der Waals surface area contributed by atoms with Gasteiger partial charge in [-0.2, -0.15) is 0 Å². The second kappa shape index (κ2) is 12.0. The Morgan fingerprint density at radius 3 is 2.62 bits per heavy atom. The van der Waals surface area contributed by atoms with Gasteiger partial charge in [-0.3, -0.25) is 4.99 Å². The van der Waals surface area contributed by atoms with Crippen LogP contribution in [-0.4, -0.2) is 31.1 Å². The summed E-state index contributed by atoms with van der Waals surface area (Å²) in [6.07, 6.45) is 4.03. The van der Waals surface area contributed by atoms with Gasteiger partial charge in [0.2, 0.25) is 5.89 Å². The van der Waals surface area contributed by atoms with Crippen LogP contribution in [0.1, 0.15) is 35.8 Å². The van der Waals surface area contributed by atoms with Crippen molar-refractivity contribution in [2.75, 3.05) is 20.2 Å². The lowest BCUT2D eigenvalue weighted by Crippen LogP contribution is -2.41. The lowest BCUT2D eigenvalue weighted by atomic mass is 9.89. The molecule has 3 aromatic rings. The van der Waals surface area contributed by atoms with E-state index in [-0.39, 0.29) is 30.1 Å². The van der Waals surface area contributed by atoms with Crippen molar-refractivity contribution in [3.8, 4) is 11.5 Å². The first kappa shape index (κ1) is 24.3. The number of nitrogens with one attached hydrogen (secondary N) is 2. The molecule has 0 radical (unpaired) electrons. The molecule has 2 aromatic carbocycles. The molecule has 2 heterocycles. The van der Waals surface area contributed by atoms with Gasteiger partial charge in [-0.15, -0.1) is 24.0 Å². The summed E-state index contributed by atoms with van der Waals surface area (Å²) in [4.78, 5) is 8.94. The predicted octanol–water partition coefficient (Wildman–Crippen LogP) is 5.10. The summed E-state index contributed by atoms with van der Waals surface area (Å²) in [5, 5.41) is 6.78. The number of oxazole rings is 1. The van der Waals surface area contributed by atoms with Crippen LogP contribution in [0.5, 0.6) is 0 Å². The van der Waals surface area contributed by atoms with Gasteiger partial charge in [0.1, 0.15) is 6.26 Å². The highest BCUT2D eigenvalue weighted by molar-refractivity contribution is 14.0. The summed E-state index contributed by atoms with van der Waals surface area (Å²) in [6, 6.07) is 18.6. The summed E-state index contributed by atoms with van der Waals surface area (Å²) >= 11 is 0. The lowest BCUT2D eigenvalue weighted by molar-refractivity contribution is -0.0265. The van der Waals surface area contributed by atoms with Crippen molar-refractivity contribution in [3.63, 3.8) is 0 Å². The second-order valence-electron chi connectivity index (χ2n) is 7.92. The Labute approximate surface area is 206 Å². The third-order valence-corrected chi connectivity index (χ3v) is 5.62. The number of aliphatic imine (C=N–C) groups is 1. The molecule has 0 aliphatic carbocycles. The molecule has 32 heavy (non-hydrogen) atoms. The Kier molecular flexibility index (Phi) is 9.11. The molecule has 2 unspecified atom stereocenters. The highest BCUT2D eigenvalue weighted by atomic mass is 127. The van der Waals surface area contributed by atoms with E-state index in [4.69, 9.17) is 9.15 Å². The number of nitrogens with zero attached hydrogens (tertiary/aromatic N) is 2. The zero-order chi connectivity index (χ0) is 21.5. The van der Waals surface area contributed by atoms with E-state index >= 15 is 0 Å². The van der Waals surface area contributed by atoms with Crippen LogP contribution in [0.2, 0.25) is 0 Å². The van der Waals surface area contributed by atoms with Crippen LogP contribution >= 0.6 is 24.0 Å². The quantitative estimate of drug-likeness (QED) is 0.256. The Hall–Kier alpha value is -2.39. The van der Waals surface area contributed by atoms with Gasteiger partial charge < -0.3 is 19.8 Å². The largest absolute Gasteiger partial charge is 0.444 e. The maximum atomic E-state index is 6.10. The van der Waals surface area contributed by atoms with E-state index in [9.17, 15) is 0 Å². The maximum absolute atomic E-state index is 6.10. The van der Waals surface area contributed by atoms with Crippen molar-refractivity contribution in [1.82, 2.24) is 15.6 Å². The summed E-state index contributed by atoms with van der Waals surface area (Å²) in [7, 11) is 1.78. The monoisotopic (exact) mass is 546 g/mol. The van der Waals surface area contributed by atoms with Crippen molar-refractivity contribution in [1.29, 1.82) is 0 Å². The smallest absolute Gasteiger partial charge is 0.226 e. The van der Waals surface area contributed by atoms with E-state index in [1.54, 1.807) is 13.3 Å². The first-order valence-electron chi connectivity index (χ1n) is 10.9. The van der Waals surface area contributed by atoms with Crippen LogP contribution in [0.4, 0.5) is 0 Å². The minimum absolute atomic E-state index is 0. The van der Waals surface area contributed by atoms with Gasteiger partial charge in [0.15, 0.2) is 5.96 Å². The topological polar surface area (TPSA) is 71.7 Å². The Morgan fingerprint density at radius 2 is 1.88 bits per heavy atom. The average molecular weight is 546 g/mol. The van der Waals surface area contributed by atoms with Gasteiger partial charge in [0, 0.05) is 31.7 Å². The molecule has 1 fully saturated rings. The summed E-state index contributed by atoms with van der Waals surface area (Å²) in [5.41, 5.74) is 4.26. The van der Waals surface area contributed by atoms with Crippen LogP contribution in [0.15, 0.2) is 70.3 Å². The van der Waals surface area contributed by atoms with Crippen molar-refractivity contribution in [3.05, 3.63) is 77.7 Å². The molecule has 1 saturated heterocycles. The molecule has 7 heteroatoms. The van der Waals surface area contributed by atoms with Gasteiger partial charge in [-0.1, -0.05) is 48.0 Å². The number of aryl methyl sites for hydroxylation is 1. The van der Waals surface area contributed by atoms with Crippen molar-refractivity contribution in [2.45, 2.75) is 32.4 Å². The fourth-order valence-electron chi connectivity index (χ4n) is 3.90. The number of aromatic nitrogens is 1. The number of halogens is 1. The fourth-order valence-corrected chi connectivity index (χ4v) is 3.90. The number of rotatable bonds is 6. The molecule has 0 saturated carbocycles. The van der Waals surface area contributed by atoms with E-state index in [0.29, 0.717) is 18.4 Å². The standard InChI is InChI=1S/C25H30N4O2.HI/c1-18-10-12-20(13-11-18)24-29-22(17-31-24)16-28-25(26-2)27-15-21-9-6-14-30-23(21)19-7-4-3-5-8-19;/h3-5,7-8,10-13,17,21,23H,6,9,14-16H2,1-2H3,(H2,26,27,28);1H. The molecule has 4 rings (SSSR count). The third kappa shape index (κ3) is 6.32. The van der Waals surface area contributed by atoms with Crippen LogP contribution in [-0.2, 0) is 11.3 Å². The van der Waals surface area contributed by atoms with Crippen LogP contribution in [0, 0.1) is 12.8 Å². The van der Waals surface area contributed by atoms with Crippen molar-refractivity contribution >= 4 is 29.9 Å². The molecule has 1 aliphatic rings. The van der Waals surface area contributed by atoms with E-state index in [0.717, 1.165) is 43.2 Å². The van der Waals surface area contributed by atoms with E-state index < -0.39 is 0 Å². The van der Waals surface area contributed by atoms with Gasteiger partial charge in [-0.05, 0) is 37.5 Å². The molecule has 1 aliphatic heterocycles. The van der Waals surface area contributed by atoms with E-state index in [2.05, 4.69) is 63.9 Å². The van der Waals surface area contributed by atoms with Crippen LogP contribution < -0.4 is 10.6 Å². The average Bonchev–Trinajstić information content (AvgIpc) is 3.29. The zero-order valence-electron chi connectivity index (χ0n) is 18.6. The molecular formula is C25H31IN4O2. The number of hydrogen-bond donors (Lipinski definition) is 2. The van der Waals surface area contributed by atoms with Gasteiger partial charge in [0.05, 0.1) is 18.3 Å². The van der Waals surface area contributed by atoms with Crippen LogP contribution in [0.25, 0.3) is 11.5 Å². The number of guanidine groups is 1. The molecule has 2 atom stereocenters. The molecule has 0 bridgehead atoms. The molecule has 6 nitrogen and oxygen atoms in total. The first-order valence-corrected chi connectivity index (χ1v) is 10.9. The Bertz CT molecular complexity index is 989. The summed E-state index contributed by atoms with van der Waals surface area (Å²) in [5.74, 6) is 1.77. The van der Waals surface area contributed by atoms with Gasteiger partial charge in [0.25, 0.3) is 0 Å². The zero-order valence-corrected chi connectivity index (χ0v) is 20.9. The number of hydrogen-bond acceptors (Lipinski definition) is 4. The maximum Gasteiger partial charge on any atom is 0.226 e. The lowest BCUT2D eigenvalue weighted by Gasteiger charge is -2.32. The van der Waals surface area contributed by atoms with E-state index in [1.807, 2.05) is 18.2 Å². The predicted molar refractivity (Wildman–Crippen MR) is 138 cm³/mol. The second-order valence-corrected chi connectivity index (χ2v) is 7.92. The van der Waals surface area contributed by atoms with Gasteiger partial charge >= 0.3 is 0 Å². The Morgan fingerprint density at radius 1 is 1.09 bits per heavy atom. The minimum Gasteiger partial charge on any atom is -0.444 e. The molecule has 2 N–H and O–H groups in total. The SMILES string of the molecule is CN=C(NCc1coc(-c2ccc(C)cc2)n1)NCC1CCCOC1c1ccccc1.I. The molecule has 0 amide bonds. The summed E-state index contributed by atoms with van der Waals surface area (Å²) < 4.78 is 11.7. The molecule has 1 aromatic heterocycles. The molecule has 170 valence electrons. The van der Waals surface area contributed by atoms with Crippen molar-refractivity contribution in [2.24, 2.45) is 10.9 Å². The third-order valence-electron chi connectivity index (χ3n) is 5.62. The fraction of sp³-hybridized carbons (Fsp3) is 0.360.